The van der Waals surface area contributed by atoms with E-state index in [0.717, 1.165) is 6.07 Å². The molecule has 0 radical (unpaired) electrons. The fourth-order valence-electron chi connectivity index (χ4n) is 2.35. The molecule has 2 rings (SSSR count). The van der Waals surface area contributed by atoms with Crippen molar-refractivity contribution in [3.05, 3.63) is 27.8 Å². The Labute approximate surface area is 114 Å². The van der Waals surface area contributed by atoms with Gasteiger partial charge in [-0.1, -0.05) is 0 Å². The van der Waals surface area contributed by atoms with Crippen molar-refractivity contribution in [3.8, 4) is 11.5 Å². The molecule has 0 aromatic heterocycles. The van der Waals surface area contributed by atoms with Crippen molar-refractivity contribution in [1.82, 2.24) is 10.2 Å². The van der Waals surface area contributed by atoms with Gasteiger partial charge in [0.15, 0.2) is 5.75 Å². The third-order valence-corrected chi connectivity index (χ3v) is 3.41. The molecule has 0 unspecified atom stereocenters. The maximum atomic E-state index is 13.3. The van der Waals surface area contributed by atoms with Crippen molar-refractivity contribution in [1.29, 1.82) is 0 Å². The largest absolute Gasteiger partial charge is 0.504 e. The lowest BCUT2D eigenvalue weighted by Crippen LogP contribution is -2.45. The molecule has 0 saturated carbocycles. The average molecular weight is 285 g/mol. The standard InChI is InChI=1S/C12H16FN3O4/c13-7-10(15-3-1-14-2-4-15)8-5-9(16(19)20)12(18)11(17)6-8/h5-6,10,14,17-18H,1-4,7H2/t10-/m0/s1. The van der Waals surface area contributed by atoms with Gasteiger partial charge in [0.1, 0.15) is 6.67 Å². The van der Waals surface area contributed by atoms with E-state index in [1.54, 1.807) is 0 Å². The Kier molecular flexibility index (Phi) is 4.35. The highest BCUT2D eigenvalue weighted by Crippen LogP contribution is 2.38. The number of nitro benzene ring substituents is 1. The number of aromatic hydroxyl groups is 2. The molecule has 20 heavy (non-hydrogen) atoms. The second kappa shape index (κ2) is 6.02. The van der Waals surface area contributed by atoms with Crippen LogP contribution in [0.2, 0.25) is 0 Å². The molecule has 1 saturated heterocycles. The van der Waals surface area contributed by atoms with Crippen LogP contribution in [0, 0.1) is 10.1 Å². The zero-order chi connectivity index (χ0) is 14.7. The Morgan fingerprint density at radius 1 is 1.40 bits per heavy atom. The summed E-state index contributed by atoms with van der Waals surface area (Å²) in [5.74, 6) is -1.40. The number of benzene rings is 1. The first-order valence-corrected chi connectivity index (χ1v) is 6.25. The normalized spacial score (nSPS) is 17.9. The van der Waals surface area contributed by atoms with Crippen molar-refractivity contribution < 1.29 is 19.5 Å². The summed E-state index contributed by atoms with van der Waals surface area (Å²) in [4.78, 5) is 11.9. The number of halogens is 1. The number of phenols is 2. The average Bonchev–Trinajstić information content (AvgIpc) is 2.44. The highest BCUT2D eigenvalue weighted by molar-refractivity contribution is 5.57. The molecular weight excluding hydrogens is 269 g/mol. The Bertz CT molecular complexity index is 506. The zero-order valence-corrected chi connectivity index (χ0v) is 10.8. The van der Waals surface area contributed by atoms with Gasteiger partial charge in [0.2, 0.25) is 5.75 Å². The molecule has 1 aliphatic heterocycles. The van der Waals surface area contributed by atoms with Gasteiger partial charge >= 0.3 is 5.69 Å². The summed E-state index contributed by atoms with van der Waals surface area (Å²) >= 11 is 0. The van der Waals surface area contributed by atoms with E-state index in [0.29, 0.717) is 26.2 Å². The number of nitrogens with one attached hydrogen (secondary N) is 1. The molecule has 0 spiro atoms. The quantitative estimate of drug-likeness (QED) is 0.432. The van der Waals surface area contributed by atoms with Crippen molar-refractivity contribution in [3.63, 3.8) is 0 Å². The SMILES string of the molecule is O=[N+]([O-])c1cc([C@H](CF)N2CCNCC2)cc(O)c1O. The van der Waals surface area contributed by atoms with Gasteiger partial charge in [-0.25, -0.2) is 4.39 Å². The van der Waals surface area contributed by atoms with Gasteiger partial charge in [0, 0.05) is 32.2 Å². The zero-order valence-electron chi connectivity index (χ0n) is 10.8. The first-order valence-electron chi connectivity index (χ1n) is 6.25. The van der Waals surface area contributed by atoms with Crippen LogP contribution in [0.5, 0.6) is 11.5 Å². The van der Waals surface area contributed by atoms with Crippen LogP contribution >= 0.6 is 0 Å². The minimum atomic E-state index is -0.800. The van der Waals surface area contributed by atoms with Gasteiger partial charge in [0.25, 0.3) is 0 Å². The lowest BCUT2D eigenvalue weighted by molar-refractivity contribution is -0.386. The number of rotatable bonds is 4. The molecule has 1 aromatic rings. The summed E-state index contributed by atoms with van der Waals surface area (Å²) in [7, 11) is 0. The minimum absolute atomic E-state index is 0.288. The fourth-order valence-corrected chi connectivity index (χ4v) is 2.35. The number of phenolic OH excluding ortho intramolecular Hbond substituents is 2. The smallest absolute Gasteiger partial charge is 0.314 e. The predicted octanol–water partition coefficient (Wildman–Crippen LogP) is 0.922. The van der Waals surface area contributed by atoms with Crippen LogP contribution in [0.1, 0.15) is 11.6 Å². The molecule has 7 nitrogen and oxygen atoms in total. The van der Waals surface area contributed by atoms with E-state index < -0.39 is 34.8 Å². The highest BCUT2D eigenvalue weighted by Gasteiger charge is 2.27. The van der Waals surface area contributed by atoms with Crippen LogP contribution in [0.4, 0.5) is 10.1 Å². The fraction of sp³-hybridized carbons (Fsp3) is 0.500. The summed E-state index contributed by atoms with van der Waals surface area (Å²) < 4.78 is 13.3. The van der Waals surface area contributed by atoms with Gasteiger partial charge in [-0.3, -0.25) is 15.0 Å². The topological polar surface area (TPSA) is 98.9 Å². The second-order valence-corrected chi connectivity index (χ2v) is 4.62. The van der Waals surface area contributed by atoms with Gasteiger partial charge in [0.05, 0.1) is 11.0 Å². The van der Waals surface area contributed by atoms with E-state index in [1.807, 2.05) is 4.90 Å². The number of hydrogen-bond acceptors (Lipinski definition) is 6. The summed E-state index contributed by atoms with van der Waals surface area (Å²) in [6, 6.07) is 1.62. The number of nitrogens with zero attached hydrogens (tertiary/aromatic N) is 2. The molecule has 0 amide bonds. The van der Waals surface area contributed by atoms with Crippen LogP contribution in [-0.2, 0) is 0 Å². The molecule has 1 aliphatic rings. The summed E-state index contributed by atoms with van der Waals surface area (Å²) in [5, 5.41) is 33.0. The number of alkyl halides is 1. The van der Waals surface area contributed by atoms with E-state index in [1.165, 1.54) is 6.07 Å². The van der Waals surface area contributed by atoms with Crippen LogP contribution in [-0.4, -0.2) is 52.9 Å². The maximum Gasteiger partial charge on any atom is 0.314 e. The van der Waals surface area contributed by atoms with Crippen molar-refractivity contribution in [2.75, 3.05) is 32.9 Å². The minimum Gasteiger partial charge on any atom is -0.504 e. The van der Waals surface area contributed by atoms with Crippen LogP contribution in [0.25, 0.3) is 0 Å². The summed E-state index contributed by atoms with van der Waals surface area (Å²) in [5.41, 5.74) is -0.329. The third-order valence-electron chi connectivity index (χ3n) is 3.41. The number of piperazine rings is 1. The van der Waals surface area contributed by atoms with Crippen LogP contribution < -0.4 is 5.32 Å². The van der Waals surface area contributed by atoms with Crippen molar-refractivity contribution in [2.24, 2.45) is 0 Å². The molecule has 3 N–H and O–H groups in total. The van der Waals surface area contributed by atoms with Gasteiger partial charge in [-0.05, 0) is 11.6 Å². The predicted molar refractivity (Wildman–Crippen MR) is 69.6 cm³/mol. The molecular formula is C12H16FN3O4. The molecule has 0 aliphatic carbocycles. The molecule has 0 bridgehead atoms. The summed E-state index contributed by atoms with van der Waals surface area (Å²) in [6.45, 7) is 1.93. The molecule has 1 fully saturated rings. The van der Waals surface area contributed by atoms with Gasteiger partial charge in [-0.2, -0.15) is 0 Å². The molecule has 1 atom stereocenters. The van der Waals surface area contributed by atoms with Crippen LogP contribution in [0.15, 0.2) is 12.1 Å². The highest BCUT2D eigenvalue weighted by atomic mass is 19.1. The summed E-state index contributed by atoms with van der Waals surface area (Å²) in [6.07, 6.45) is 0. The van der Waals surface area contributed by atoms with E-state index in [-0.39, 0.29) is 5.56 Å². The van der Waals surface area contributed by atoms with Gasteiger partial charge in [-0.15, -0.1) is 0 Å². The van der Waals surface area contributed by atoms with E-state index in [2.05, 4.69) is 5.32 Å². The van der Waals surface area contributed by atoms with Crippen molar-refractivity contribution >= 4 is 5.69 Å². The Morgan fingerprint density at radius 2 is 2.05 bits per heavy atom. The molecule has 1 aromatic carbocycles. The first kappa shape index (κ1) is 14.5. The lowest BCUT2D eigenvalue weighted by atomic mass is 10.0. The van der Waals surface area contributed by atoms with Crippen LogP contribution in [0.3, 0.4) is 0 Å². The number of nitro groups is 1. The maximum absolute atomic E-state index is 13.3. The van der Waals surface area contributed by atoms with E-state index in [9.17, 15) is 24.7 Å². The molecule has 8 heteroatoms. The Balaban J connectivity index is 2.36. The monoisotopic (exact) mass is 285 g/mol. The molecule has 1 heterocycles. The Hall–Kier alpha value is -1.93. The second-order valence-electron chi connectivity index (χ2n) is 4.62. The Morgan fingerprint density at radius 3 is 2.60 bits per heavy atom. The van der Waals surface area contributed by atoms with E-state index >= 15 is 0 Å². The van der Waals surface area contributed by atoms with Crippen molar-refractivity contribution in [2.45, 2.75) is 6.04 Å². The third kappa shape index (κ3) is 2.81. The number of hydrogen-bond donors (Lipinski definition) is 3. The lowest BCUT2D eigenvalue weighted by Gasteiger charge is -2.33. The molecule has 110 valence electrons. The van der Waals surface area contributed by atoms with Gasteiger partial charge < -0.3 is 15.5 Å². The first-order chi connectivity index (χ1) is 9.54. The van der Waals surface area contributed by atoms with E-state index in [4.69, 9.17) is 0 Å².